The van der Waals surface area contributed by atoms with Gasteiger partial charge in [0, 0.05) is 0 Å². The number of phenolic OH excluding ortho intramolecular Hbond substituents is 1. The van der Waals surface area contributed by atoms with Crippen LogP contribution in [0.25, 0.3) is 0 Å². The minimum atomic E-state index is -1.22. The highest BCUT2D eigenvalue weighted by Gasteiger charge is 2.33. The number of benzene rings is 1. The van der Waals surface area contributed by atoms with Gasteiger partial charge in [0.05, 0.1) is 0 Å². The summed E-state index contributed by atoms with van der Waals surface area (Å²) >= 11 is 1.79. The SMILES string of the molecule is Oc1cccc(C2(F)CCSCC2)c1. The van der Waals surface area contributed by atoms with Crippen molar-refractivity contribution in [2.75, 3.05) is 11.5 Å². The molecule has 0 radical (unpaired) electrons. The molecule has 1 aliphatic rings. The van der Waals surface area contributed by atoms with Crippen molar-refractivity contribution in [2.45, 2.75) is 18.5 Å². The van der Waals surface area contributed by atoms with Gasteiger partial charge in [-0.25, -0.2) is 4.39 Å². The molecule has 1 aliphatic heterocycles. The fourth-order valence-corrected chi connectivity index (χ4v) is 2.91. The number of aromatic hydroxyl groups is 1. The van der Waals surface area contributed by atoms with Gasteiger partial charge >= 0.3 is 0 Å². The molecule has 0 saturated carbocycles. The van der Waals surface area contributed by atoms with Crippen LogP contribution in [0.1, 0.15) is 18.4 Å². The molecule has 3 heteroatoms. The van der Waals surface area contributed by atoms with E-state index in [4.69, 9.17) is 0 Å². The Morgan fingerprint density at radius 1 is 1.29 bits per heavy atom. The molecule has 1 aromatic carbocycles. The van der Waals surface area contributed by atoms with Crippen LogP contribution in [0.4, 0.5) is 4.39 Å². The first-order valence-electron chi connectivity index (χ1n) is 4.77. The number of phenols is 1. The summed E-state index contributed by atoms with van der Waals surface area (Å²) in [6.07, 6.45) is 1.11. The first-order chi connectivity index (χ1) is 6.71. The van der Waals surface area contributed by atoms with E-state index in [9.17, 15) is 9.50 Å². The Hall–Kier alpha value is -0.700. The second-order valence-electron chi connectivity index (χ2n) is 3.63. The van der Waals surface area contributed by atoms with E-state index in [2.05, 4.69) is 0 Å². The highest BCUT2D eigenvalue weighted by molar-refractivity contribution is 7.99. The normalized spacial score (nSPS) is 20.6. The number of hydrogen-bond acceptors (Lipinski definition) is 2. The summed E-state index contributed by atoms with van der Waals surface area (Å²) < 4.78 is 14.4. The molecule has 0 unspecified atom stereocenters. The average molecular weight is 212 g/mol. The fourth-order valence-electron chi connectivity index (χ4n) is 1.77. The summed E-state index contributed by atoms with van der Waals surface area (Å²) in [4.78, 5) is 0. The molecular formula is C11H13FOS. The maximum absolute atomic E-state index is 14.4. The number of rotatable bonds is 1. The molecule has 0 aliphatic carbocycles. The molecule has 1 fully saturated rings. The monoisotopic (exact) mass is 212 g/mol. The quantitative estimate of drug-likeness (QED) is 0.772. The van der Waals surface area contributed by atoms with E-state index in [1.807, 2.05) is 0 Å². The average Bonchev–Trinajstić information content (AvgIpc) is 2.19. The summed E-state index contributed by atoms with van der Waals surface area (Å²) in [5, 5.41) is 9.29. The molecule has 1 nitrogen and oxygen atoms in total. The van der Waals surface area contributed by atoms with Crippen molar-refractivity contribution >= 4 is 11.8 Å². The van der Waals surface area contributed by atoms with Gasteiger partial charge in [0.1, 0.15) is 11.4 Å². The molecular weight excluding hydrogens is 199 g/mol. The standard InChI is InChI=1S/C11H13FOS/c12-11(4-6-14-7-5-11)9-2-1-3-10(13)8-9/h1-3,8,13H,4-7H2. The van der Waals surface area contributed by atoms with E-state index in [1.54, 1.807) is 30.0 Å². The van der Waals surface area contributed by atoms with Crippen LogP contribution >= 0.6 is 11.8 Å². The van der Waals surface area contributed by atoms with Crippen molar-refractivity contribution in [1.29, 1.82) is 0 Å². The minimum absolute atomic E-state index is 0.151. The van der Waals surface area contributed by atoms with Crippen LogP contribution in [0.3, 0.4) is 0 Å². The van der Waals surface area contributed by atoms with Gasteiger partial charge in [-0.3, -0.25) is 0 Å². The van der Waals surface area contributed by atoms with Crippen LogP contribution in [0.2, 0.25) is 0 Å². The number of hydrogen-bond donors (Lipinski definition) is 1. The third-order valence-electron chi connectivity index (χ3n) is 2.65. The Morgan fingerprint density at radius 3 is 2.64 bits per heavy atom. The number of thioether (sulfide) groups is 1. The van der Waals surface area contributed by atoms with Gasteiger partial charge in [0.2, 0.25) is 0 Å². The van der Waals surface area contributed by atoms with Gasteiger partial charge in [-0.05, 0) is 42.0 Å². The lowest BCUT2D eigenvalue weighted by Crippen LogP contribution is -2.25. The zero-order valence-electron chi connectivity index (χ0n) is 7.87. The Morgan fingerprint density at radius 2 is 2.00 bits per heavy atom. The van der Waals surface area contributed by atoms with E-state index in [-0.39, 0.29) is 5.75 Å². The molecule has 0 amide bonds. The van der Waals surface area contributed by atoms with E-state index in [0.29, 0.717) is 18.4 Å². The summed E-state index contributed by atoms with van der Waals surface area (Å²) in [6.45, 7) is 0. The molecule has 1 heterocycles. The molecule has 0 aromatic heterocycles. The predicted molar refractivity (Wildman–Crippen MR) is 57.5 cm³/mol. The highest BCUT2D eigenvalue weighted by Crippen LogP contribution is 2.40. The van der Waals surface area contributed by atoms with Crippen molar-refractivity contribution in [3.8, 4) is 5.75 Å². The molecule has 76 valence electrons. The zero-order valence-corrected chi connectivity index (χ0v) is 8.69. The van der Waals surface area contributed by atoms with Crippen LogP contribution in [0.15, 0.2) is 24.3 Å². The smallest absolute Gasteiger partial charge is 0.137 e. The Bertz CT molecular complexity index is 321. The highest BCUT2D eigenvalue weighted by atomic mass is 32.2. The van der Waals surface area contributed by atoms with Gasteiger partial charge in [0.15, 0.2) is 0 Å². The van der Waals surface area contributed by atoms with Crippen molar-refractivity contribution in [1.82, 2.24) is 0 Å². The van der Waals surface area contributed by atoms with Crippen molar-refractivity contribution in [2.24, 2.45) is 0 Å². The molecule has 1 aromatic rings. The number of halogens is 1. The Labute approximate surface area is 87.3 Å². The summed E-state index contributed by atoms with van der Waals surface area (Å²) in [6, 6.07) is 6.57. The molecule has 2 rings (SSSR count). The first-order valence-corrected chi connectivity index (χ1v) is 5.92. The molecule has 14 heavy (non-hydrogen) atoms. The van der Waals surface area contributed by atoms with Crippen LogP contribution in [-0.4, -0.2) is 16.6 Å². The van der Waals surface area contributed by atoms with Crippen molar-refractivity contribution < 1.29 is 9.50 Å². The molecule has 0 spiro atoms. The topological polar surface area (TPSA) is 20.2 Å². The van der Waals surface area contributed by atoms with E-state index in [1.165, 1.54) is 6.07 Å². The third-order valence-corrected chi connectivity index (χ3v) is 3.63. The van der Waals surface area contributed by atoms with Crippen molar-refractivity contribution in [3.05, 3.63) is 29.8 Å². The van der Waals surface area contributed by atoms with Crippen molar-refractivity contribution in [3.63, 3.8) is 0 Å². The summed E-state index contributed by atoms with van der Waals surface area (Å²) in [5.41, 5.74) is -0.595. The Kier molecular flexibility index (Phi) is 2.68. The van der Waals surface area contributed by atoms with Gasteiger partial charge in [0.25, 0.3) is 0 Å². The molecule has 1 N–H and O–H groups in total. The maximum atomic E-state index is 14.4. The van der Waals surface area contributed by atoms with Gasteiger partial charge < -0.3 is 5.11 Å². The van der Waals surface area contributed by atoms with Crippen LogP contribution < -0.4 is 0 Å². The van der Waals surface area contributed by atoms with E-state index in [0.717, 1.165) is 11.5 Å². The second-order valence-corrected chi connectivity index (χ2v) is 4.85. The largest absolute Gasteiger partial charge is 0.508 e. The van der Waals surface area contributed by atoms with Crippen LogP contribution in [0.5, 0.6) is 5.75 Å². The minimum Gasteiger partial charge on any atom is -0.508 e. The van der Waals surface area contributed by atoms with E-state index >= 15 is 0 Å². The Balaban J connectivity index is 2.28. The number of alkyl halides is 1. The molecule has 0 atom stereocenters. The lowest BCUT2D eigenvalue weighted by atomic mass is 9.90. The fraction of sp³-hybridized carbons (Fsp3) is 0.455. The lowest BCUT2D eigenvalue weighted by Gasteiger charge is -2.29. The first kappa shape index (κ1) is 9.84. The molecule has 0 bridgehead atoms. The van der Waals surface area contributed by atoms with Crippen LogP contribution in [0, 0.1) is 0 Å². The van der Waals surface area contributed by atoms with Gasteiger partial charge in [-0.1, -0.05) is 12.1 Å². The van der Waals surface area contributed by atoms with Gasteiger partial charge in [-0.2, -0.15) is 11.8 Å². The summed E-state index contributed by atoms with van der Waals surface area (Å²) in [7, 11) is 0. The van der Waals surface area contributed by atoms with Crippen LogP contribution in [-0.2, 0) is 5.67 Å². The second kappa shape index (κ2) is 3.81. The maximum Gasteiger partial charge on any atom is 0.137 e. The zero-order chi connectivity index (χ0) is 10.0. The van der Waals surface area contributed by atoms with Gasteiger partial charge in [-0.15, -0.1) is 0 Å². The summed E-state index contributed by atoms with van der Waals surface area (Å²) in [5.74, 6) is 1.89. The van der Waals surface area contributed by atoms with E-state index < -0.39 is 5.67 Å². The lowest BCUT2D eigenvalue weighted by molar-refractivity contribution is 0.150. The predicted octanol–water partition coefficient (Wildman–Crippen LogP) is 3.08. The third kappa shape index (κ3) is 1.87. The molecule has 1 saturated heterocycles.